The zero-order valence-electron chi connectivity index (χ0n) is 9.97. The molecule has 0 amide bonds. The second-order valence-corrected chi connectivity index (χ2v) is 5.63. The average molecular weight is 247 g/mol. The number of aromatic nitrogens is 2. The fourth-order valence-corrected chi connectivity index (χ4v) is 2.96. The van der Waals surface area contributed by atoms with Crippen molar-refractivity contribution in [1.82, 2.24) is 14.9 Å². The summed E-state index contributed by atoms with van der Waals surface area (Å²) in [6.45, 7) is 0.888. The fraction of sp³-hybridized carbons (Fsp3) is 0.462. The van der Waals surface area contributed by atoms with Gasteiger partial charge in [0.25, 0.3) is 0 Å². The van der Waals surface area contributed by atoms with Crippen LogP contribution in [0.1, 0.15) is 29.5 Å². The van der Waals surface area contributed by atoms with Crippen LogP contribution in [0.15, 0.2) is 30.0 Å². The molecule has 1 aliphatic carbocycles. The predicted molar refractivity (Wildman–Crippen MR) is 70.2 cm³/mol. The summed E-state index contributed by atoms with van der Waals surface area (Å²) in [5.74, 6) is 0.843. The van der Waals surface area contributed by atoms with Crippen LogP contribution in [-0.2, 0) is 6.54 Å². The monoisotopic (exact) mass is 247 g/mol. The molecule has 1 fully saturated rings. The molecule has 90 valence electrons. The van der Waals surface area contributed by atoms with Crippen molar-refractivity contribution >= 4 is 11.3 Å². The Morgan fingerprint density at radius 2 is 2.47 bits per heavy atom. The number of hydrogen-bond acceptors (Lipinski definition) is 3. The van der Waals surface area contributed by atoms with Crippen molar-refractivity contribution < 1.29 is 0 Å². The molecule has 3 nitrogen and oxygen atoms in total. The molecule has 4 heteroatoms. The molecule has 3 rings (SSSR count). The number of thiazole rings is 1. The standard InChI is InChI=1S/C13H17N3S/c1-14-13(10-2-3-10)11-4-6-16(8-11)9-12-15-5-7-17-12/h4-8,10,13-14H,2-3,9H2,1H3. The van der Waals surface area contributed by atoms with E-state index in [1.807, 2.05) is 11.6 Å². The van der Waals surface area contributed by atoms with Gasteiger partial charge in [0.15, 0.2) is 0 Å². The van der Waals surface area contributed by atoms with E-state index in [4.69, 9.17) is 0 Å². The summed E-state index contributed by atoms with van der Waals surface area (Å²) >= 11 is 1.71. The summed E-state index contributed by atoms with van der Waals surface area (Å²) < 4.78 is 2.22. The van der Waals surface area contributed by atoms with Crippen LogP contribution in [0.5, 0.6) is 0 Å². The topological polar surface area (TPSA) is 29.9 Å². The highest BCUT2D eigenvalue weighted by Crippen LogP contribution is 2.40. The van der Waals surface area contributed by atoms with E-state index in [0.717, 1.165) is 12.5 Å². The van der Waals surface area contributed by atoms with Crippen LogP contribution in [0.3, 0.4) is 0 Å². The maximum atomic E-state index is 4.32. The van der Waals surface area contributed by atoms with E-state index in [2.05, 4.69) is 40.4 Å². The van der Waals surface area contributed by atoms with Gasteiger partial charge in [0.05, 0.1) is 6.54 Å². The van der Waals surface area contributed by atoms with Gasteiger partial charge in [-0.2, -0.15) is 0 Å². The first kappa shape index (κ1) is 11.0. The lowest BCUT2D eigenvalue weighted by atomic mass is 10.1. The quantitative estimate of drug-likeness (QED) is 0.880. The van der Waals surface area contributed by atoms with Crippen molar-refractivity contribution in [3.8, 4) is 0 Å². The first-order valence-corrected chi connectivity index (χ1v) is 6.96. The van der Waals surface area contributed by atoms with Gasteiger partial charge in [-0.15, -0.1) is 11.3 Å². The van der Waals surface area contributed by atoms with E-state index in [-0.39, 0.29) is 0 Å². The fourth-order valence-electron chi connectivity index (χ4n) is 2.33. The Labute approximate surface area is 106 Å². The molecule has 2 aromatic rings. The molecule has 1 aliphatic rings. The first-order valence-electron chi connectivity index (χ1n) is 6.08. The van der Waals surface area contributed by atoms with Gasteiger partial charge in [0.2, 0.25) is 0 Å². The van der Waals surface area contributed by atoms with E-state index in [9.17, 15) is 0 Å². The molecule has 1 atom stereocenters. The van der Waals surface area contributed by atoms with Crippen LogP contribution in [0.2, 0.25) is 0 Å². The summed E-state index contributed by atoms with van der Waals surface area (Å²) in [6.07, 6.45) is 9.00. The van der Waals surface area contributed by atoms with Gasteiger partial charge in [-0.1, -0.05) is 0 Å². The van der Waals surface area contributed by atoms with Gasteiger partial charge < -0.3 is 9.88 Å². The minimum atomic E-state index is 0.535. The van der Waals surface area contributed by atoms with Crippen LogP contribution in [0.25, 0.3) is 0 Å². The van der Waals surface area contributed by atoms with Gasteiger partial charge in [0.1, 0.15) is 5.01 Å². The third-order valence-corrected chi connectivity index (χ3v) is 4.10. The summed E-state index contributed by atoms with van der Waals surface area (Å²) in [6, 6.07) is 2.76. The Bertz CT molecular complexity index is 471. The van der Waals surface area contributed by atoms with Crippen LogP contribution in [0, 0.1) is 5.92 Å². The molecular formula is C13H17N3S. The number of rotatable bonds is 5. The molecule has 1 unspecified atom stereocenters. The zero-order chi connectivity index (χ0) is 11.7. The van der Waals surface area contributed by atoms with Crippen molar-refractivity contribution in [2.24, 2.45) is 5.92 Å². The van der Waals surface area contributed by atoms with Crippen LogP contribution < -0.4 is 5.32 Å². The van der Waals surface area contributed by atoms with Crippen molar-refractivity contribution in [3.63, 3.8) is 0 Å². The second kappa shape index (κ2) is 4.63. The maximum Gasteiger partial charge on any atom is 0.112 e. The normalized spacial score (nSPS) is 17.2. The van der Waals surface area contributed by atoms with Gasteiger partial charge in [-0.3, -0.25) is 0 Å². The molecule has 2 heterocycles. The molecule has 0 aromatic carbocycles. The van der Waals surface area contributed by atoms with Crippen LogP contribution in [0.4, 0.5) is 0 Å². The maximum absolute atomic E-state index is 4.32. The van der Waals surface area contributed by atoms with E-state index in [0.29, 0.717) is 6.04 Å². The summed E-state index contributed by atoms with van der Waals surface area (Å²) in [7, 11) is 2.06. The largest absolute Gasteiger partial charge is 0.347 e. The lowest BCUT2D eigenvalue weighted by Gasteiger charge is -2.13. The highest BCUT2D eigenvalue weighted by Gasteiger charge is 2.31. The molecule has 0 spiro atoms. The molecule has 1 N–H and O–H groups in total. The summed E-state index contributed by atoms with van der Waals surface area (Å²) in [4.78, 5) is 4.32. The molecule has 0 radical (unpaired) electrons. The predicted octanol–water partition coefficient (Wildman–Crippen LogP) is 2.66. The number of hydrogen-bond donors (Lipinski definition) is 1. The second-order valence-electron chi connectivity index (χ2n) is 4.65. The van der Waals surface area contributed by atoms with Crippen molar-refractivity contribution in [2.75, 3.05) is 7.05 Å². The van der Waals surface area contributed by atoms with E-state index in [1.54, 1.807) is 11.3 Å². The van der Waals surface area contributed by atoms with Gasteiger partial charge in [0, 0.05) is 30.0 Å². The smallest absolute Gasteiger partial charge is 0.112 e. The lowest BCUT2D eigenvalue weighted by molar-refractivity contribution is 0.528. The Hall–Kier alpha value is -1.13. The Morgan fingerprint density at radius 3 is 3.12 bits per heavy atom. The highest BCUT2D eigenvalue weighted by atomic mass is 32.1. The molecule has 0 saturated heterocycles. The van der Waals surface area contributed by atoms with Gasteiger partial charge in [-0.05, 0) is 37.4 Å². The van der Waals surface area contributed by atoms with Crippen LogP contribution in [-0.4, -0.2) is 16.6 Å². The summed E-state index contributed by atoms with van der Waals surface area (Å²) in [5, 5.41) is 6.62. The third-order valence-electron chi connectivity index (χ3n) is 3.34. The van der Waals surface area contributed by atoms with Crippen molar-refractivity contribution in [1.29, 1.82) is 0 Å². The number of nitrogens with one attached hydrogen (secondary N) is 1. The zero-order valence-corrected chi connectivity index (χ0v) is 10.8. The lowest BCUT2D eigenvalue weighted by Crippen LogP contribution is -2.17. The highest BCUT2D eigenvalue weighted by molar-refractivity contribution is 7.09. The molecule has 0 aliphatic heterocycles. The first-order chi connectivity index (χ1) is 8.36. The van der Waals surface area contributed by atoms with E-state index >= 15 is 0 Å². The molecular weight excluding hydrogens is 230 g/mol. The minimum Gasteiger partial charge on any atom is -0.347 e. The van der Waals surface area contributed by atoms with Gasteiger partial charge in [-0.25, -0.2) is 4.98 Å². The van der Waals surface area contributed by atoms with Crippen molar-refractivity contribution in [2.45, 2.75) is 25.4 Å². The third kappa shape index (κ3) is 2.42. The summed E-state index contributed by atoms with van der Waals surface area (Å²) in [5.41, 5.74) is 1.41. The number of nitrogens with zero attached hydrogens (tertiary/aromatic N) is 2. The molecule has 2 aromatic heterocycles. The average Bonchev–Trinajstić information content (AvgIpc) is 2.86. The van der Waals surface area contributed by atoms with E-state index in [1.165, 1.54) is 23.4 Å². The molecule has 1 saturated carbocycles. The van der Waals surface area contributed by atoms with Crippen LogP contribution >= 0.6 is 11.3 Å². The Kier molecular flexibility index (Phi) is 2.99. The SMILES string of the molecule is CNC(c1ccn(Cc2nccs2)c1)C1CC1. The van der Waals surface area contributed by atoms with Gasteiger partial charge >= 0.3 is 0 Å². The minimum absolute atomic E-state index is 0.535. The Balaban J connectivity index is 1.73. The van der Waals surface area contributed by atoms with Crippen molar-refractivity contribution in [3.05, 3.63) is 40.6 Å². The van der Waals surface area contributed by atoms with E-state index < -0.39 is 0 Å². The molecule has 0 bridgehead atoms. The molecule has 17 heavy (non-hydrogen) atoms. The Morgan fingerprint density at radius 1 is 1.59 bits per heavy atom.